The summed E-state index contributed by atoms with van der Waals surface area (Å²) in [6, 6.07) is 1.92. The van der Waals surface area contributed by atoms with Gasteiger partial charge in [-0.25, -0.2) is 4.98 Å². The van der Waals surface area contributed by atoms with Crippen LogP contribution < -0.4 is 0 Å². The number of hydrogen-bond donors (Lipinski definition) is 0. The van der Waals surface area contributed by atoms with Crippen molar-refractivity contribution in [1.82, 2.24) is 19.4 Å². The van der Waals surface area contributed by atoms with Crippen LogP contribution in [0.4, 0.5) is 0 Å². The lowest BCUT2D eigenvalue weighted by Gasteiger charge is -2.16. The van der Waals surface area contributed by atoms with E-state index in [1.165, 1.54) is 0 Å². The number of carbonyl (C=O) groups is 1. The van der Waals surface area contributed by atoms with E-state index in [0.717, 1.165) is 5.39 Å². The molecule has 2 aromatic heterocycles. The highest BCUT2D eigenvalue weighted by atomic mass is 35.5. The minimum atomic E-state index is -0.0576. The van der Waals surface area contributed by atoms with Crippen LogP contribution in [0.3, 0.4) is 0 Å². The molecule has 5 nitrogen and oxygen atoms in total. The molecular formula is C12H15ClN4O. The Bertz CT molecular complexity index is 603. The van der Waals surface area contributed by atoms with E-state index in [0.29, 0.717) is 11.3 Å². The van der Waals surface area contributed by atoms with E-state index in [9.17, 15) is 4.79 Å². The number of halogens is 1. The van der Waals surface area contributed by atoms with E-state index >= 15 is 0 Å². The highest BCUT2D eigenvalue weighted by Crippen LogP contribution is 2.23. The highest BCUT2D eigenvalue weighted by Gasteiger charge is 2.20. The standard InChI is InChI=1S/C12H15ClN4O/c1-7(2)17-9(11(18)16(3)4)5-8-6-14-12(13)15-10(8)17/h5-7H,1-4H3. The molecule has 2 aromatic rings. The monoisotopic (exact) mass is 266 g/mol. The second-order valence-corrected chi connectivity index (χ2v) is 4.95. The van der Waals surface area contributed by atoms with Crippen LogP contribution in [0.5, 0.6) is 0 Å². The van der Waals surface area contributed by atoms with Crippen molar-refractivity contribution in [3.8, 4) is 0 Å². The normalized spacial score (nSPS) is 11.2. The van der Waals surface area contributed by atoms with E-state index in [4.69, 9.17) is 11.6 Å². The summed E-state index contributed by atoms with van der Waals surface area (Å²) in [6.07, 6.45) is 1.63. The van der Waals surface area contributed by atoms with E-state index in [-0.39, 0.29) is 17.2 Å². The van der Waals surface area contributed by atoms with Crippen molar-refractivity contribution in [2.45, 2.75) is 19.9 Å². The van der Waals surface area contributed by atoms with Gasteiger partial charge in [-0.1, -0.05) is 0 Å². The molecule has 0 bridgehead atoms. The molecule has 2 heterocycles. The Balaban J connectivity index is 2.73. The fraction of sp³-hybridized carbons (Fsp3) is 0.417. The van der Waals surface area contributed by atoms with Gasteiger partial charge in [0.05, 0.1) is 0 Å². The topological polar surface area (TPSA) is 51.0 Å². The summed E-state index contributed by atoms with van der Waals surface area (Å²) in [7, 11) is 3.45. The molecule has 0 spiro atoms. The lowest BCUT2D eigenvalue weighted by molar-refractivity contribution is 0.0816. The molecule has 0 N–H and O–H groups in total. The number of fused-ring (bicyclic) bond motifs is 1. The second kappa shape index (κ2) is 4.57. The molecular weight excluding hydrogens is 252 g/mol. The van der Waals surface area contributed by atoms with E-state index in [1.807, 2.05) is 18.4 Å². The van der Waals surface area contributed by atoms with Gasteiger partial charge in [0.2, 0.25) is 5.28 Å². The summed E-state index contributed by atoms with van der Waals surface area (Å²) in [6.45, 7) is 4.00. The predicted octanol–water partition coefficient (Wildman–Crippen LogP) is 2.37. The summed E-state index contributed by atoms with van der Waals surface area (Å²) in [5.41, 5.74) is 1.29. The first-order valence-electron chi connectivity index (χ1n) is 5.67. The van der Waals surface area contributed by atoms with Crippen LogP contribution in [-0.2, 0) is 0 Å². The van der Waals surface area contributed by atoms with Gasteiger partial charge < -0.3 is 9.47 Å². The molecule has 0 aliphatic carbocycles. The maximum absolute atomic E-state index is 12.1. The number of aromatic nitrogens is 3. The first-order chi connectivity index (χ1) is 8.41. The van der Waals surface area contributed by atoms with Crippen LogP contribution in [0.1, 0.15) is 30.4 Å². The van der Waals surface area contributed by atoms with Gasteiger partial charge in [0, 0.05) is 31.7 Å². The molecule has 2 rings (SSSR count). The van der Waals surface area contributed by atoms with Crippen LogP contribution >= 0.6 is 11.6 Å². The average molecular weight is 267 g/mol. The number of rotatable bonds is 2. The molecule has 1 amide bonds. The third-order valence-electron chi connectivity index (χ3n) is 2.69. The molecule has 0 fully saturated rings. The smallest absolute Gasteiger partial charge is 0.270 e. The molecule has 0 aromatic carbocycles. The van der Waals surface area contributed by atoms with Crippen LogP contribution in [0.15, 0.2) is 12.3 Å². The Morgan fingerprint density at radius 3 is 2.67 bits per heavy atom. The van der Waals surface area contributed by atoms with Gasteiger partial charge in [-0.3, -0.25) is 4.79 Å². The molecule has 96 valence electrons. The summed E-state index contributed by atoms with van der Waals surface area (Å²) in [4.78, 5) is 21.8. The molecule has 0 saturated carbocycles. The lowest BCUT2D eigenvalue weighted by atomic mass is 10.3. The fourth-order valence-electron chi connectivity index (χ4n) is 1.90. The van der Waals surface area contributed by atoms with Crippen molar-refractivity contribution in [3.05, 3.63) is 23.2 Å². The van der Waals surface area contributed by atoms with E-state index in [2.05, 4.69) is 9.97 Å². The maximum atomic E-state index is 12.1. The predicted molar refractivity (Wildman–Crippen MR) is 70.9 cm³/mol. The Morgan fingerprint density at radius 1 is 1.44 bits per heavy atom. The first-order valence-corrected chi connectivity index (χ1v) is 6.04. The second-order valence-electron chi connectivity index (χ2n) is 4.61. The van der Waals surface area contributed by atoms with Crippen LogP contribution in [0.2, 0.25) is 5.28 Å². The van der Waals surface area contributed by atoms with Crippen LogP contribution in [0.25, 0.3) is 11.0 Å². The molecule has 0 atom stereocenters. The summed E-state index contributed by atoms with van der Waals surface area (Å²) < 4.78 is 1.88. The highest BCUT2D eigenvalue weighted by molar-refractivity contribution is 6.28. The number of carbonyl (C=O) groups excluding carboxylic acids is 1. The molecule has 0 radical (unpaired) electrons. The molecule has 0 aliphatic heterocycles. The molecule has 0 unspecified atom stereocenters. The van der Waals surface area contributed by atoms with E-state index < -0.39 is 0 Å². The molecule has 18 heavy (non-hydrogen) atoms. The van der Waals surface area contributed by atoms with Crippen molar-refractivity contribution < 1.29 is 4.79 Å². The Hall–Kier alpha value is -1.62. The summed E-state index contributed by atoms with van der Waals surface area (Å²) in [5, 5.41) is 1.00. The van der Waals surface area contributed by atoms with Crippen molar-refractivity contribution in [1.29, 1.82) is 0 Å². The SMILES string of the molecule is CC(C)n1c(C(=O)N(C)C)cc2cnc(Cl)nc21. The third kappa shape index (κ3) is 2.06. The van der Waals surface area contributed by atoms with Gasteiger partial charge in [-0.2, -0.15) is 4.98 Å². The van der Waals surface area contributed by atoms with Gasteiger partial charge in [0.1, 0.15) is 11.3 Å². The van der Waals surface area contributed by atoms with Gasteiger partial charge in [0.25, 0.3) is 5.91 Å². The average Bonchev–Trinajstić information content (AvgIpc) is 2.65. The number of hydrogen-bond acceptors (Lipinski definition) is 3. The Morgan fingerprint density at radius 2 is 2.11 bits per heavy atom. The summed E-state index contributed by atoms with van der Waals surface area (Å²) >= 11 is 5.82. The Labute approximate surface area is 110 Å². The van der Waals surface area contributed by atoms with Crippen LogP contribution in [0, 0.1) is 0 Å². The van der Waals surface area contributed by atoms with Crippen molar-refractivity contribution in [3.63, 3.8) is 0 Å². The van der Waals surface area contributed by atoms with Gasteiger partial charge in [-0.05, 0) is 31.5 Å². The molecule has 0 saturated heterocycles. The van der Waals surface area contributed by atoms with E-state index in [1.54, 1.807) is 31.3 Å². The quantitative estimate of drug-likeness (QED) is 0.784. The van der Waals surface area contributed by atoms with Crippen LogP contribution in [-0.4, -0.2) is 39.4 Å². The summed E-state index contributed by atoms with van der Waals surface area (Å²) in [5.74, 6) is -0.0576. The number of nitrogens with zero attached hydrogens (tertiary/aromatic N) is 4. The Kier molecular flexibility index (Phi) is 3.26. The van der Waals surface area contributed by atoms with Crippen molar-refractivity contribution in [2.24, 2.45) is 0 Å². The molecule has 6 heteroatoms. The largest absolute Gasteiger partial charge is 0.343 e. The van der Waals surface area contributed by atoms with Gasteiger partial charge in [-0.15, -0.1) is 0 Å². The minimum Gasteiger partial charge on any atom is -0.343 e. The zero-order valence-corrected chi connectivity index (χ0v) is 11.6. The fourth-order valence-corrected chi connectivity index (χ4v) is 2.03. The lowest BCUT2D eigenvalue weighted by Crippen LogP contribution is -2.25. The number of amides is 1. The third-order valence-corrected chi connectivity index (χ3v) is 2.87. The minimum absolute atomic E-state index is 0.0576. The van der Waals surface area contributed by atoms with Crippen molar-refractivity contribution >= 4 is 28.5 Å². The van der Waals surface area contributed by atoms with Gasteiger partial charge in [0.15, 0.2) is 0 Å². The van der Waals surface area contributed by atoms with Gasteiger partial charge >= 0.3 is 0 Å². The van der Waals surface area contributed by atoms with Crippen molar-refractivity contribution in [2.75, 3.05) is 14.1 Å². The molecule has 0 aliphatic rings. The zero-order valence-electron chi connectivity index (χ0n) is 10.8. The zero-order chi connectivity index (χ0) is 13.4. The maximum Gasteiger partial charge on any atom is 0.270 e. The first kappa shape index (κ1) is 12.8.